The molecule has 25 heavy (non-hydrogen) atoms. The molecule has 0 saturated carbocycles. The van der Waals surface area contributed by atoms with E-state index in [1.165, 1.54) is 11.6 Å². The van der Waals surface area contributed by atoms with Gasteiger partial charge < -0.3 is 15.6 Å². The van der Waals surface area contributed by atoms with Crippen LogP contribution in [0.2, 0.25) is 5.02 Å². The lowest BCUT2D eigenvalue weighted by Gasteiger charge is -2.27. The van der Waals surface area contributed by atoms with Crippen LogP contribution in [-0.2, 0) is 6.54 Å². The van der Waals surface area contributed by atoms with Gasteiger partial charge in [-0.2, -0.15) is 0 Å². The number of rotatable bonds is 2. The second-order valence-corrected chi connectivity index (χ2v) is 6.73. The third-order valence-corrected chi connectivity index (χ3v) is 4.90. The van der Waals surface area contributed by atoms with Crippen LogP contribution in [0.5, 0.6) is 0 Å². The molecule has 3 N–H and O–H groups in total. The van der Waals surface area contributed by atoms with E-state index >= 15 is 0 Å². The van der Waals surface area contributed by atoms with Gasteiger partial charge >= 0.3 is 0 Å². The molecule has 4 rings (SSSR count). The molecule has 6 heteroatoms. The Bertz CT molecular complexity index is 933. The Morgan fingerprint density at radius 1 is 1.24 bits per heavy atom. The van der Waals surface area contributed by atoms with Gasteiger partial charge in [-0.25, -0.2) is 9.37 Å². The summed E-state index contributed by atoms with van der Waals surface area (Å²) in [7, 11) is 0. The molecule has 3 aromatic rings. The zero-order chi connectivity index (χ0) is 17.6. The minimum Gasteiger partial charge on any atom is -0.383 e. The van der Waals surface area contributed by atoms with Gasteiger partial charge in [-0.05, 0) is 24.6 Å². The number of nitrogens with one attached hydrogen (secondary N) is 1. The van der Waals surface area contributed by atoms with Crippen molar-refractivity contribution in [2.45, 2.75) is 19.5 Å². The topological polar surface area (TPSA) is 55.9 Å². The Hall–Kier alpha value is -2.37. The summed E-state index contributed by atoms with van der Waals surface area (Å²) in [6.07, 6.45) is 0. The molecule has 0 bridgehead atoms. The quantitative estimate of drug-likeness (QED) is 0.731. The zero-order valence-corrected chi connectivity index (χ0v) is 14.5. The maximum absolute atomic E-state index is 13.5. The average Bonchev–Trinajstić information content (AvgIpc) is 2.95. The van der Waals surface area contributed by atoms with Crippen molar-refractivity contribution >= 4 is 17.4 Å². The molecule has 0 saturated heterocycles. The molecular formula is C19H18ClFN4. The largest absolute Gasteiger partial charge is 0.383 e. The first-order valence-electron chi connectivity index (χ1n) is 8.14. The highest BCUT2D eigenvalue weighted by Gasteiger charge is 2.27. The normalized spacial score (nSPS) is 16.7. The molecule has 0 amide bonds. The predicted molar refractivity (Wildman–Crippen MR) is 98.1 cm³/mol. The molecule has 1 atom stereocenters. The summed E-state index contributed by atoms with van der Waals surface area (Å²) >= 11 is 5.96. The van der Waals surface area contributed by atoms with Crippen LogP contribution in [-0.4, -0.2) is 16.1 Å². The van der Waals surface area contributed by atoms with Gasteiger partial charge in [-0.1, -0.05) is 47.5 Å². The second-order valence-electron chi connectivity index (χ2n) is 6.32. The van der Waals surface area contributed by atoms with E-state index in [-0.39, 0.29) is 11.1 Å². The molecule has 2 heterocycles. The van der Waals surface area contributed by atoms with Crippen LogP contribution in [0.25, 0.3) is 11.3 Å². The Labute approximate surface area is 150 Å². The van der Waals surface area contributed by atoms with Crippen molar-refractivity contribution in [2.75, 3.05) is 12.3 Å². The second kappa shape index (κ2) is 6.17. The van der Waals surface area contributed by atoms with Gasteiger partial charge in [0.05, 0.1) is 17.6 Å². The van der Waals surface area contributed by atoms with Crippen LogP contribution in [0.15, 0.2) is 42.5 Å². The van der Waals surface area contributed by atoms with E-state index in [1.54, 1.807) is 12.1 Å². The smallest absolute Gasteiger partial charge is 0.141 e. The third kappa shape index (κ3) is 2.79. The van der Waals surface area contributed by atoms with Crippen LogP contribution in [0.4, 0.5) is 10.2 Å². The molecule has 1 aliphatic rings. The van der Waals surface area contributed by atoms with Crippen LogP contribution >= 0.6 is 11.6 Å². The number of fused-ring (bicyclic) bond motifs is 1. The molecule has 2 aromatic carbocycles. The first-order valence-corrected chi connectivity index (χ1v) is 8.51. The van der Waals surface area contributed by atoms with E-state index in [0.29, 0.717) is 18.9 Å². The highest BCUT2D eigenvalue weighted by Crippen LogP contribution is 2.34. The highest BCUT2D eigenvalue weighted by atomic mass is 35.5. The Balaban J connectivity index is 1.81. The molecule has 0 aliphatic carbocycles. The van der Waals surface area contributed by atoms with Crippen LogP contribution in [0.1, 0.15) is 23.0 Å². The number of benzene rings is 2. The van der Waals surface area contributed by atoms with Gasteiger partial charge in [-0.15, -0.1) is 0 Å². The maximum Gasteiger partial charge on any atom is 0.141 e. The lowest BCUT2D eigenvalue weighted by atomic mass is 10.0. The summed E-state index contributed by atoms with van der Waals surface area (Å²) in [5.74, 6) is 1.06. The van der Waals surface area contributed by atoms with E-state index < -0.39 is 5.82 Å². The van der Waals surface area contributed by atoms with E-state index in [9.17, 15) is 4.39 Å². The fourth-order valence-electron chi connectivity index (χ4n) is 3.29. The maximum atomic E-state index is 13.5. The zero-order valence-electron chi connectivity index (χ0n) is 13.8. The van der Waals surface area contributed by atoms with Crippen molar-refractivity contribution < 1.29 is 4.39 Å². The minimum atomic E-state index is -0.423. The minimum absolute atomic E-state index is 0.0754. The number of aryl methyl sites for hydroxylation is 1. The third-order valence-electron chi connectivity index (χ3n) is 4.61. The summed E-state index contributed by atoms with van der Waals surface area (Å²) in [6.45, 7) is 3.37. The van der Waals surface area contributed by atoms with Gasteiger partial charge in [0.1, 0.15) is 23.2 Å². The molecule has 0 fully saturated rings. The fraction of sp³-hybridized carbons (Fsp3) is 0.211. The number of hydrogen-bond acceptors (Lipinski definition) is 3. The van der Waals surface area contributed by atoms with E-state index in [1.807, 2.05) is 35.8 Å². The van der Waals surface area contributed by atoms with Crippen molar-refractivity contribution in [3.8, 4) is 11.3 Å². The standard InChI is InChI=1S/C19H18ClFN4/c1-11-2-4-12(5-3-11)18-19(22)25-16(9-23-10-17(25)24-18)13-6-7-15(21)14(20)8-13/h2-8,16,23H,9-10,22H2,1H3. The molecule has 1 aliphatic heterocycles. The van der Waals surface area contributed by atoms with Crippen molar-refractivity contribution in [3.05, 3.63) is 70.3 Å². The highest BCUT2D eigenvalue weighted by molar-refractivity contribution is 6.30. The number of halogens is 2. The predicted octanol–water partition coefficient (Wildman–Crippen LogP) is 3.93. The van der Waals surface area contributed by atoms with Crippen LogP contribution in [0.3, 0.4) is 0 Å². The summed E-state index contributed by atoms with van der Waals surface area (Å²) in [5.41, 5.74) is 10.3. The lowest BCUT2D eigenvalue weighted by Crippen LogP contribution is -2.34. The van der Waals surface area contributed by atoms with Crippen LogP contribution in [0, 0.1) is 12.7 Å². The van der Waals surface area contributed by atoms with Crippen molar-refractivity contribution in [1.82, 2.24) is 14.9 Å². The van der Waals surface area contributed by atoms with Gasteiger partial charge in [0.15, 0.2) is 0 Å². The van der Waals surface area contributed by atoms with Crippen molar-refractivity contribution in [3.63, 3.8) is 0 Å². The Kier molecular flexibility index (Phi) is 3.98. The first kappa shape index (κ1) is 16.1. The molecule has 1 unspecified atom stereocenters. The lowest BCUT2D eigenvalue weighted by molar-refractivity contribution is 0.447. The van der Waals surface area contributed by atoms with Gasteiger partial charge in [0, 0.05) is 12.1 Å². The summed E-state index contributed by atoms with van der Waals surface area (Å²) in [6, 6.07) is 12.9. The summed E-state index contributed by atoms with van der Waals surface area (Å²) in [4.78, 5) is 4.73. The molecule has 4 nitrogen and oxygen atoms in total. The number of imidazole rings is 1. The van der Waals surface area contributed by atoms with E-state index in [0.717, 1.165) is 22.6 Å². The van der Waals surface area contributed by atoms with Gasteiger partial charge in [-0.3, -0.25) is 0 Å². The number of nitrogens with two attached hydrogens (primary N) is 1. The average molecular weight is 357 g/mol. The Morgan fingerprint density at radius 2 is 2.00 bits per heavy atom. The molecule has 128 valence electrons. The van der Waals surface area contributed by atoms with Crippen LogP contribution < -0.4 is 11.1 Å². The SMILES string of the molecule is Cc1ccc(-c2nc3n(c2N)C(c2ccc(F)c(Cl)c2)CNC3)cc1. The van der Waals surface area contributed by atoms with Gasteiger partial charge in [0.25, 0.3) is 0 Å². The number of anilines is 1. The fourth-order valence-corrected chi connectivity index (χ4v) is 3.48. The van der Waals surface area contributed by atoms with Gasteiger partial charge in [0.2, 0.25) is 0 Å². The first-order chi connectivity index (χ1) is 12.0. The monoisotopic (exact) mass is 356 g/mol. The molecule has 0 spiro atoms. The summed E-state index contributed by atoms with van der Waals surface area (Å²) < 4.78 is 15.5. The number of nitrogen functional groups attached to an aromatic ring is 1. The van der Waals surface area contributed by atoms with E-state index in [4.69, 9.17) is 22.3 Å². The summed E-state index contributed by atoms with van der Waals surface area (Å²) in [5, 5.41) is 3.46. The molecular weight excluding hydrogens is 339 g/mol. The van der Waals surface area contributed by atoms with Crippen molar-refractivity contribution in [1.29, 1.82) is 0 Å². The molecule has 1 aromatic heterocycles. The Morgan fingerprint density at radius 3 is 2.72 bits per heavy atom. The molecule has 0 radical (unpaired) electrons. The van der Waals surface area contributed by atoms with E-state index in [2.05, 4.69) is 5.32 Å². The van der Waals surface area contributed by atoms with Crippen molar-refractivity contribution in [2.24, 2.45) is 0 Å². The number of aromatic nitrogens is 2. The number of hydrogen-bond donors (Lipinski definition) is 2. The number of nitrogens with zero attached hydrogens (tertiary/aromatic N) is 2.